The molecule has 0 heterocycles. The topological polar surface area (TPSA) is 273 Å². The number of hydrogen-bond donors (Lipinski definition) is 6. The smallest absolute Gasteiger partial charge is 0.448 e. The Bertz CT molecular complexity index is 223. The third-order valence-electron chi connectivity index (χ3n) is 0.305. The number of carbonyl (C=O) groups is 4. The predicted molar refractivity (Wildman–Crippen MR) is 47.5 cm³/mol. The summed E-state index contributed by atoms with van der Waals surface area (Å²) in [5, 5.41) is 60.1. The summed E-state index contributed by atoms with van der Waals surface area (Å²) in [6.07, 6.45) is -7.26. The first-order valence-electron chi connectivity index (χ1n) is 3.22. The van der Waals surface area contributed by atoms with Gasteiger partial charge in [-0.05, 0) is 0 Å². The van der Waals surface area contributed by atoms with Gasteiger partial charge in [0.2, 0.25) is 0 Å². The Kier molecular flexibility index (Phi) is 53.0. The molecule has 0 fully saturated rings. The molecule has 22 heavy (non-hydrogen) atoms. The van der Waals surface area contributed by atoms with Crippen LogP contribution in [0.3, 0.4) is 0 Å². The number of carboxylic acid groups (broad SMARTS) is 4. The summed E-state index contributed by atoms with van der Waals surface area (Å²) in [6.45, 7) is 0. The summed E-state index contributed by atoms with van der Waals surface area (Å²) in [5.74, 6) is 0. The third kappa shape index (κ3) is 140. The van der Waals surface area contributed by atoms with Gasteiger partial charge in [-0.25, -0.2) is 9.59 Å². The zero-order valence-electron chi connectivity index (χ0n) is 9.83. The Morgan fingerprint density at radius 1 is 0.636 bits per heavy atom. The van der Waals surface area contributed by atoms with Gasteiger partial charge in [-0.3, -0.25) is 20.3 Å². The van der Waals surface area contributed by atoms with Crippen LogP contribution < -0.4 is 10.2 Å². The minimum Gasteiger partial charge on any atom is -0.448 e. The molecule has 0 amide bonds. The maximum absolute atomic E-state index is 8.90. The van der Waals surface area contributed by atoms with Crippen molar-refractivity contribution in [2.75, 3.05) is 0 Å². The van der Waals surface area contributed by atoms with Crippen LogP contribution in [0.2, 0.25) is 0 Å². The standard InChI is InChI=1S/4CH2O4.Fe.Mg/c4*2-1(3)5-4;;/h4*4H,(H,2,3);;/q;;;;;+2/p-2. The van der Waals surface area contributed by atoms with E-state index in [0.29, 0.717) is 0 Å². The maximum atomic E-state index is 8.90. The fourth-order valence-electron chi connectivity index (χ4n) is 0. The molecule has 0 atom stereocenters. The summed E-state index contributed by atoms with van der Waals surface area (Å²) in [4.78, 5) is 45.8. The first-order chi connectivity index (χ1) is 9.08. The van der Waals surface area contributed by atoms with E-state index >= 15 is 0 Å². The molecule has 18 heteroatoms. The number of hydrogen-bond acceptors (Lipinski definition) is 14. The van der Waals surface area contributed by atoms with Crippen LogP contribution in [0.15, 0.2) is 0 Å². The minimum absolute atomic E-state index is 0. The van der Waals surface area contributed by atoms with Gasteiger partial charge < -0.3 is 39.8 Å². The van der Waals surface area contributed by atoms with Crippen LogP contribution in [0.4, 0.5) is 19.2 Å². The fraction of sp³-hybridized carbons (Fsp3) is 0. The van der Waals surface area contributed by atoms with Crippen LogP contribution in [0, 0.1) is 0 Å². The minimum atomic E-state index is -1.94. The molecule has 0 saturated heterocycles. The van der Waals surface area contributed by atoms with Crippen LogP contribution >= 0.6 is 0 Å². The summed E-state index contributed by atoms with van der Waals surface area (Å²) in [7, 11) is 0. The van der Waals surface area contributed by atoms with Gasteiger partial charge in [0.15, 0.2) is 0 Å². The molecule has 0 saturated carbocycles. The molecule has 0 aliphatic rings. The van der Waals surface area contributed by atoms with E-state index in [0.717, 1.165) is 0 Å². The number of carbonyl (C=O) groups excluding carboxylic acids is 2. The van der Waals surface area contributed by atoms with Crippen LogP contribution in [-0.2, 0) is 36.6 Å². The monoisotopic (exact) mass is 390 g/mol. The first-order valence-corrected chi connectivity index (χ1v) is 3.22. The molecule has 0 aliphatic carbocycles. The molecule has 0 unspecified atom stereocenters. The summed E-state index contributed by atoms with van der Waals surface area (Å²) in [6, 6.07) is 0. The van der Waals surface area contributed by atoms with Crippen LogP contribution in [0.5, 0.6) is 0 Å². The van der Waals surface area contributed by atoms with Crippen molar-refractivity contribution in [2.24, 2.45) is 0 Å². The Balaban J connectivity index is -0.0000000376. The van der Waals surface area contributed by atoms with Gasteiger partial charge in [0.25, 0.3) is 12.3 Å². The van der Waals surface area contributed by atoms with Gasteiger partial charge in [0.1, 0.15) is 0 Å². The summed E-state index contributed by atoms with van der Waals surface area (Å²) in [5.41, 5.74) is 0. The molecule has 0 aromatic rings. The van der Waals surface area contributed by atoms with Gasteiger partial charge in [0, 0.05) is 17.1 Å². The average molecular weight is 390 g/mol. The van der Waals surface area contributed by atoms with Crippen molar-refractivity contribution in [3.63, 3.8) is 0 Å². The first kappa shape index (κ1) is 36.9. The molecule has 0 bridgehead atoms. The second kappa shape index (κ2) is 31.5. The zero-order valence-corrected chi connectivity index (χ0v) is 12.3. The molecule has 16 nitrogen and oxygen atoms in total. The van der Waals surface area contributed by atoms with Gasteiger partial charge in [0.05, 0.1) is 0 Å². The van der Waals surface area contributed by atoms with Crippen molar-refractivity contribution in [1.82, 2.24) is 0 Å². The molecular weight excluding hydrogens is 384 g/mol. The van der Waals surface area contributed by atoms with E-state index in [1.54, 1.807) is 0 Å². The Morgan fingerprint density at radius 3 is 0.727 bits per heavy atom. The fourth-order valence-corrected chi connectivity index (χ4v) is 0. The van der Waals surface area contributed by atoms with E-state index in [1.807, 2.05) is 0 Å². The SMILES string of the molecule is O=C(O)OO.O=C(O)OO.O=C([O-])OO.O=C([O-])OO.[Fe].[Mg+2]. The van der Waals surface area contributed by atoms with Crippen molar-refractivity contribution in [2.45, 2.75) is 0 Å². The average Bonchev–Trinajstić information content (AvgIpc) is 2.40. The molecule has 128 valence electrons. The van der Waals surface area contributed by atoms with Crippen molar-refractivity contribution in [3.05, 3.63) is 0 Å². The molecule has 0 aromatic carbocycles. The maximum Gasteiger partial charge on any atom is 2.00 e. The second-order valence-electron chi connectivity index (χ2n) is 1.40. The van der Waals surface area contributed by atoms with E-state index < -0.39 is 24.6 Å². The van der Waals surface area contributed by atoms with Crippen LogP contribution in [0.1, 0.15) is 0 Å². The Hall–Kier alpha value is -1.79. The van der Waals surface area contributed by atoms with Gasteiger partial charge in [-0.2, -0.15) is 10.5 Å². The molecule has 0 rings (SSSR count). The van der Waals surface area contributed by atoms with Gasteiger partial charge >= 0.3 is 35.4 Å². The Morgan fingerprint density at radius 2 is 0.727 bits per heavy atom. The van der Waals surface area contributed by atoms with Crippen molar-refractivity contribution in [1.29, 1.82) is 0 Å². The van der Waals surface area contributed by atoms with E-state index in [1.165, 1.54) is 0 Å². The summed E-state index contributed by atoms with van der Waals surface area (Å²) >= 11 is 0. The predicted octanol–water partition coefficient (Wildman–Crippen LogP) is -2.44. The normalized spacial score (nSPS) is 6.00. The van der Waals surface area contributed by atoms with Crippen molar-refractivity contribution >= 4 is 47.7 Å². The summed E-state index contributed by atoms with van der Waals surface area (Å²) < 4.78 is 0. The third-order valence-corrected chi connectivity index (χ3v) is 0.305. The Labute approximate surface area is 145 Å². The molecular formula is C4H6FeMgO16. The van der Waals surface area contributed by atoms with Gasteiger partial charge in [-0.15, -0.1) is 0 Å². The molecule has 0 spiro atoms. The quantitative estimate of drug-likeness (QED) is 0.108. The largest absolute Gasteiger partial charge is 2.00 e. The molecule has 0 aromatic heterocycles. The van der Waals surface area contributed by atoms with Crippen molar-refractivity contribution < 1.29 is 97.3 Å². The van der Waals surface area contributed by atoms with E-state index in [-0.39, 0.29) is 40.1 Å². The zero-order chi connectivity index (χ0) is 17.1. The number of rotatable bonds is 0. The molecule has 6 N–H and O–H groups in total. The van der Waals surface area contributed by atoms with Crippen LogP contribution in [-0.4, -0.2) is 78.9 Å². The van der Waals surface area contributed by atoms with E-state index in [2.05, 4.69) is 19.6 Å². The van der Waals surface area contributed by atoms with Crippen LogP contribution in [0.25, 0.3) is 0 Å². The molecule has 0 radical (unpaired) electrons. The van der Waals surface area contributed by atoms with Gasteiger partial charge in [-0.1, -0.05) is 0 Å². The van der Waals surface area contributed by atoms with E-state index in [4.69, 9.17) is 60.6 Å². The second-order valence-corrected chi connectivity index (χ2v) is 1.40. The van der Waals surface area contributed by atoms with Crippen molar-refractivity contribution in [3.8, 4) is 0 Å². The molecule has 0 aliphatic heterocycles. The van der Waals surface area contributed by atoms with E-state index in [9.17, 15) is 0 Å².